The minimum atomic E-state index is -1.28. The molecule has 1 aromatic carbocycles. The molecule has 0 aromatic heterocycles. The number of aromatic hydroxyl groups is 1. The highest BCUT2D eigenvalue weighted by Crippen LogP contribution is 2.12. The number of aliphatic imine (C=N–C) groups is 1. The second-order valence-electron chi connectivity index (χ2n) is 8.67. The largest absolute Gasteiger partial charge is 0.508 e. The highest BCUT2D eigenvalue weighted by Gasteiger charge is 2.31. The van der Waals surface area contributed by atoms with Gasteiger partial charge in [0.05, 0.1) is 6.04 Å². The Hall–Kier alpha value is -3.52. The normalized spacial score (nSPS) is 17.2. The average Bonchev–Trinajstić information content (AvgIpc) is 3.40. The third-order valence-corrected chi connectivity index (χ3v) is 6.13. The van der Waals surface area contributed by atoms with Crippen LogP contribution in [-0.4, -0.2) is 82.9 Å². The molecule has 13 nitrogen and oxygen atoms in total. The molecule has 0 spiro atoms. The summed E-state index contributed by atoms with van der Waals surface area (Å²) in [5.74, 6) is -3.12. The second kappa shape index (κ2) is 14.9. The van der Waals surface area contributed by atoms with Gasteiger partial charge in [0.15, 0.2) is 5.96 Å². The summed E-state index contributed by atoms with van der Waals surface area (Å²) in [6.45, 7) is 0.952. The molecule has 0 unspecified atom stereocenters. The molecular weight excluding hydrogens is 502 g/mol. The Morgan fingerprint density at radius 3 is 2.27 bits per heavy atom. The number of carbonyl (C=O) groups is 4. The predicted molar refractivity (Wildman–Crippen MR) is 140 cm³/mol. The number of benzene rings is 1. The summed E-state index contributed by atoms with van der Waals surface area (Å²) < 4.78 is 0. The van der Waals surface area contributed by atoms with E-state index in [1.165, 1.54) is 12.1 Å². The fourth-order valence-electron chi connectivity index (χ4n) is 3.76. The molecule has 1 fully saturated rings. The van der Waals surface area contributed by atoms with Crippen LogP contribution in [0.15, 0.2) is 29.3 Å². The van der Waals surface area contributed by atoms with Crippen LogP contribution in [-0.2, 0) is 25.6 Å². The number of guanidine groups is 1. The van der Waals surface area contributed by atoms with Crippen molar-refractivity contribution in [1.82, 2.24) is 21.3 Å². The van der Waals surface area contributed by atoms with Crippen LogP contribution in [0.2, 0.25) is 0 Å². The van der Waals surface area contributed by atoms with Gasteiger partial charge in [-0.2, -0.15) is 12.6 Å². The first-order chi connectivity index (χ1) is 17.6. The molecule has 3 amide bonds. The van der Waals surface area contributed by atoms with Gasteiger partial charge in [-0.05, 0) is 49.9 Å². The first-order valence-electron chi connectivity index (χ1n) is 11.9. The van der Waals surface area contributed by atoms with Crippen molar-refractivity contribution in [2.24, 2.45) is 16.5 Å². The van der Waals surface area contributed by atoms with Gasteiger partial charge in [0.2, 0.25) is 17.7 Å². The third kappa shape index (κ3) is 10.2. The van der Waals surface area contributed by atoms with Crippen LogP contribution < -0.4 is 32.7 Å². The molecule has 14 heteroatoms. The molecule has 2 rings (SSSR count). The van der Waals surface area contributed by atoms with E-state index in [1.807, 2.05) is 0 Å². The van der Waals surface area contributed by atoms with Crippen molar-refractivity contribution in [2.45, 2.75) is 56.3 Å². The smallest absolute Gasteiger partial charge is 0.326 e. The standard InChI is InChI=1S/C23H35N7O6S/c24-23(25)27-10-2-4-16(28-19(32)15-3-1-9-26-15)20(33)30-18(12-37)21(34)29-17(22(35)36)11-13-5-7-14(31)8-6-13/h5-8,15-18,26,31,37H,1-4,9-12H2,(H,28,32)(H,29,34)(H,30,33)(H,35,36)(H4,24,25,27)/t15-,16-,17-,18-/m0/s1. The molecular formula is C23H35N7O6S. The van der Waals surface area contributed by atoms with E-state index >= 15 is 0 Å². The molecule has 37 heavy (non-hydrogen) atoms. The van der Waals surface area contributed by atoms with Crippen molar-refractivity contribution in [3.05, 3.63) is 29.8 Å². The molecule has 1 aliphatic rings. The fraction of sp³-hybridized carbons (Fsp3) is 0.522. The van der Waals surface area contributed by atoms with Crippen LogP contribution >= 0.6 is 12.6 Å². The van der Waals surface area contributed by atoms with Crippen LogP contribution in [0.5, 0.6) is 5.75 Å². The summed E-state index contributed by atoms with van der Waals surface area (Å²) >= 11 is 4.14. The first-order valence-corrected chi connectivity index (χ1v) is 12.6. The van der Waals surface area contributed by atoms with E-state index in [0.29, 0.717) is 24.9 Å². The highest BCUT2D eigenvalue weighted by molar-refractivity contribution is 7.80. The lowest BCUT2D eigenvalue weighted by Gasteiger charge is -2.24. The van der Waals surface area contributed by atoms with Gasteiger partial charge < -0.3 is 42.9 Å². The second-order valence-corrected chi connectivity index (χ2v) is 9.04. The maximum Gasteiger partial charge on any atom is 0.326 e. The van der Waals surface area contributed by atoms with E-state index in [4.69, 9.17) is 11.5 Å². The predicted octanol–water partition coefficient (Wildman–Crippen LogP) is -1.79. The van der Waals surface area contributed by atoms with Crippen LogP contribution in [0.4, 0.5) is 0 Å². The number of nitrogens with zero attached hydrogens (tertiary/aromatic N) is 1. The number of nitrogens with one attached hydrogen (secondary N) is 4. The van der Waals surface area contributed by atoms with Crippen LogP contribution in [0, 0.1) is 0 Å². The van der Waals surface area contributed by atoms with Crippen molar-refractivity contribution < 1.29 is 29.4 Å². The molecule has 0 saturated carbocycles. The quantitative estimate of drug-likeness (QED) is 0.0565. The Morgan fingerprint density at radius 1 is 1.05 bits per heavy atom. The van der Waals surface area contributed by atoms with Gasteiger partial charge in [-0.1, -0.05) is 12.1 Å². The summed E-state index contributed by atoms with van der Waals surface area (Å²) in [7, 11) is 0. The Labute approximate surface area is 220 Å². The molecule has 1 aliphatic heterocycles. The SMILES string of the molecule is NC(N)=NCCC[C@H](NC(=O)[C@@H]1CCCN1)C(=O)N[C@@H](CS)C(=O)N[C@@H](Cc1ccc(O)cc1)C(=O)O. The minimum absolute atomic E-state index is 0.0289. The van der Waals surface area contributed by atoms with E-state index in [1.54, 1.807) is 12.1 Å². The van der Waals surface area contributed by atoms with Gasteiger partial charge >= 0.3 is 5.97 Å². The van der Waals surface area contributed by atoms with Gasteiger partial charge in [0, 0.05) is 18.7 Å². The molecule has 204 valence electrons. The van der Waals surface area contributed by atoms with Crippen molar-refractivity contribution in [1.29, 1.82) is 0 Å². The lowest BCUT2D eigenvalue weighted by atomic mass is 10.1. The number of hydrogen-bond acceptors (Lipinski definition) is 8. The van der Waals surface area contributed by atoms with Crippen LogP contribution in [0.1, 0.15) is 31.2 Å². The summed E-state index contributed by atoms with van der Waals surface area (Å²) in [6, 6.07) is 2.11. The number of phenolic OH excluding ortho intramolecular Hbond substituents is 1. The monoisotopic (exact) mass is 537 g/mol. The summed E-state index contributed by atoms with van der Waals surface area (Å²) in [5.41, 5.74) is 11.2. The Balaban J connectivity index is 2.04. The number of hydrogen-bond donors (Lipinski definition) is 9. The Morgan fingerprint density at radius 2 is 1.70 bits per heavy atom. The number of carboxylic acids is 1. The Bertz CT molecular complexity index is 965. The maximum absolute atomic E-state index is 13.1. The summed E-state index contributed by atoms with van der Waals surface area (Å²) in [4.78, 5) is 54.1. The molecule has 1 saturated heterocycles. The molecule has 0 radical (unpaired) electrons. The molecule has 10 N–H and O–H groups in total. The maximum atomic E-state index is 13.1. The summed E-state index contributed by atoms with van der Waals surface area (Å²) in [6.07, 6.45) is 2.05. The number of amides is 3. The van der Waals surface area contributed by atoms with Crippen molar-refractivity contribution in [3.63, 3.8) is 0 Å². The third-order valence-electron chi connectivity index (χ3n) is 5.76. The van der Waals surface area contributed by atoms with E-state index < -0.39 is 42.0 Å². The topological polar surface area (TPSA) is 221 Å². The number of carbonyl (C=O) groups excluding carboxylic acids is 3. The number of thiol groups is 1. The van der Waals surface area contributed by atoms with Crippen LogP contribution in [0.3, 0.4) is 0 Å². The fourth-order valence-corrected chi connectivity index (χ4v) is 4.02. The molecule has 0 aliphatic carbocycles. The van der Waals surface area contributed by atoms with Gasteiger partial charge in [0.1, 0.15) is 23.9 Å². The van der Waals surface area contributed by atoms with E-state index in [9.17, 15) is 29.4 Å². The highest BCUT2D eigenvalue weighted by atomic mass is 32.1. The molecule has 1 aromatic rings. The number of carboxylic acid groups (broad SMARTS) is 1. The zero-order valence-electron chi connectivity index (χ0n) is 20.4. The van der Waals surface area contributed by atoms with Crippen LogP contribution in [0.25, 0.3) is 0 Å². The molecule has 1 heterocycles. The lowest BCUT2D eigenvalue weighted by molar-refractivity contribution is -0.142. The Kier molecular flexibility index (Phi) is 12.0. The van der Waals surface area contributed by atoms with E-state index in [2.05, 4.69) is 38.9 Å². The number of phenols is 1. The average molecular weight is 538 g/mol. The molecule has 4 atom stereocenters. The number of rotatable bonds is 14. The van der Waals surface area contributed by atoms with Gasteiger partial charge in [-0.3, -0.25) is 19.4 Å². The number of nitrogens with two attached hydrogens (primary N) is 2. The minimum Gasteiger partial charge on any atom is -0.508 e. The van der Waals surface area contributed by atoms with Crippen molar-refractivity contribution >= 4 is 42.3 Å². The molecule has 0 bridgehead atoms. The van der Waals surface area contributed by atoms with Gasteiger partial charge in [0.25, 0.3) is 0 Å². The zero-order valence-corrected chi connectivity index (χ0v) is 21.2. The van der Waals surface area contributed by atoms with E-state index in [0.717, 1.165) is 6.42 Å². The lowest BCUT2D eigenvalue weighted by Crippen LogP contribution is -2.57. The zero-order chi connectivity index (χ0) is 27.4. The number of aliphatic carboxylic acids is 1. The van der Waals surface area contributed by atoms with Gasteiger partial charge in [-0.15, -0.1) is 0 Å². The van der Waals surface area contributed by atoms with Crippen molar-refractivity contribution in [3.8, 4) is 5.75 Å². The van der Waals surface area contributed by atoms with Gasteiger partial charge in [-0.25, -0.2) is 4.79 Å². The summed E-state index contributed by atoms with van der Waals surface area (Å²) in [5, 5.41) is 29.7. The van der Waals surface area contributed by atoms with E-state index in [-0.39, 0.29) is 42.8 Å². The van der Waals surface area contributed by atoms with Crippen molar-refractivity contribution in [2.75, 3.05) is 18.8 Å². The first kappa shape index (κ1) is 29.7.